The largest absolute Gasteiger partial charge is 0.358 e. The normalized spacial score (nSPS) is 21.4. The van der Waals surface area contributed by atoms with Crippen LogP contribution in [0.1, 0.15) is 12.8 Å². The van der Waals surface area contributed by atoms with Gasteiger partial charge in [-0.1, -0.05) is 6.08 Å². The molecule has 1 N–H and O–H groups in total. The summed E-state index contributed by atoms with van der Waals surface area (Å²) in [6.45, 7) is 0. The van der Waals surface area contributed by atoms with Gasteiger partial charge in [-0.25, -0.2) is 0 Å². The molecule has 0 aromatic rings. The quantitative estimate of drug-likeness (QED) is 0.591. The lowest BCUT2D eigenvalue weighted by molar-refractivity contribution is 0.986. The molecule has 0 spiro atoms. The van der Waals surface area contributed by atoms with Crippen molar-refractivity contribution in [3.05, 3.63) is 35.2 Å². The molecule has 11 heavy (non-hydrogen) atoms. The maximum absolute atomic E-state index is 5.68. The highest BCUT2D eigenvalue weighted by Crippen LogP contribution is 2.32. The van der Waals surface area contributed by atoms with Crippen LogP contribution in [0.25, 0.3) is 0 Å². The molecule has 1 aliphatic heterocycles. The lowest BCUT2D eigenvalue weighted by Gasteiger charge is -2.11. The molecule has 0 amide bonds. The van der Waals surface area contributed by atoms with Gasteiger partial charge >= 0.3 is 0 Å². The van der Waals surface area contributed by atoms with Gasteiger partial charge in [0.25, 0.3) is 0 Å². The van der Waals surface area contributed by atoms with E-state index in [0.29, 0.717) is 5.88 Å². The van der Waals surface area contributed by atoms with Gasteiger partial charge in [-0.2, -0.15) is 0 Å². The van der Waals surface area contributed by atoms with Crippen LogP contribution in [0.3, 0.4) is 0 Å². The first-order valence-corrected chi connectivity index (χ1v) is 4.36. The van der Waals surface area contributed by atoms with Gasteiger partial charge in [0.15, 0.2) is 0 Å². The molecule has 1 saturated carbocycles. The molecule has 0 atom stereocenters. The van der Waals surface area contributed by atoms with Crippen LogP contribution in [0.4, 0.5) is 0 Å². The minimum atomic E-state index is 0.571. The van der Waals surface area contributed by atoms with Gasteiger partial charge in [-0.15, -0.1) is 11.6 Å². The minimum Gasteiger partial charge on any atom is -0.358 e. The maximum Gasteiger partial charge on any atom is 0.0625 e. The Kier molecular flexibility index (Phi) is 1.74. The third kappa shape index (κ3) is 1.48. The molecule has 0 bridgehead atoms. The van der Waals surface area contributed by atoms with Crippen LogP contribution >= 0.6 is 11.6 Å². The zero-order valence-electron chi connectivity index (χ0n) is 6.23. The molecule has 1 fully saturated rings. The van der Waals surface area contributed by atoms with Crippen molar-refractivity contribution in [1.82, 2.24) is 5.32 Å². The van der Waals surface area contributed by atoms with Crippen molar-refractivity contribution < 1.29 is 0 Å². The van der Waals surface area contributed by atoms with E-state index < -0.39 is 0 Å². The first kappa shape index (κ1) is 6.99. The monoisotopic (exact) mass is 167 g/mol. The predicted molar refractivity (Wildman–Crippen MR) is 47.3 cm³/mol. The molecule has 0 radical (unpaired) electrons. The number of dihydropyridines is 1. The fraction of sp³-hybridized carbons (Fsp3) is 0.333. The Bertz CT molecular complexity index is 255. The zero-order chi connectivity index (χ0) is 7.68. The summed E-state index contributed by atoms with van der Waals surface area (Å²) in [5.41, 5.74) is 3.89. The molecular weight excluding hydrogens is 158 g/mol. The highest BCUT2D eigenvalue weighted by molar-refractivity contribution is 6.19. The van der Waals surface area contributed by atoms with Gasteiger partial charge in [0.2, 0.25) is 0 Å². The molecule has 0 saturated heterocycles. The summed E-state index contributed by atoms with van der Waals surface area (Å²) in [6, 6.07) is 0. The van der Waals surface area contributed by atoms with Gasteiger partial charge in [0.05, 0.1) is 5.88 Å². The van der Waals surface area contributed by atoms with Gasteiger partial charge in [0.1, 0.15) is 0 Å². The Labute approximate surface area is 71.4 Å². The van der Waals surface area contributed by atoms with Crippen LogP contribution in [-0.4, -0.2) is 5.88 Å². The van der Waals surface area contributed by atoms with Gasteiger partial charge in [0, 0.05) is 11.4 Å². The lowest BCUT2D eigenvalue weighted by atomic mass is 10.2. The van der Waals surface area contributed by atoms with Crippen LogP contribution in [-0.2, 0) is 0 Å². The van der Waals surface area contributed by atoms with E-state index in [9.17, 15) is 0 Å². The summed E-state index contributed by atoms with van der Waals surface area (Å²) < 4.78 is 0. The zero-order valence-corrected chi connectivity index (χ0v) is 6.99. The Hall–Kier alpha value is -0.690. The number of nitrogens with one attached hydrogen (secondary N) is 1. The van der Waals surface area contributed by atoms with Crippen molar-refractivity contribution >= 4 is 11.6 Å². The van der Waals surface area contributed by atoms with Crippen molar-refractivity contribution in [2.24, 2.45) is 0 Å². The maximum atomic E-state index is 5.68. The second-order valence-electron chi connectivity index (χ2n) is 2.83. The Morgan fingerprint density at radius 3 is 2.91 bits per heavy atom. The van der Waals surface area contributed by atoms with Crippen LogP contribution < -0.4 is 5.32 Å². The molecule has 0 aromatic heterocycles. The van der Waals surface area contributed by atoms with Crippen LogP contribution in [0, 0.1) is 0 Å². The second kappa shape index (κ2) is 2.74. The van der Waals surface area contributed by atoms with Crippen molar-refractivity contribution in [2.45, 2.75) is 12.8 Å². The summed E-state index contributed by atoms with van der Waals surface area (Å²) in [4.78, 5) is 0. The van der Waals surface area contributed by atoms with Crippen molar-refractivity contribution in [2.75, 3.05) is 5.88 Å². The second-order valence-corrected chi connectivity index (χ2v) is 3.09. The number of alkyl halides is 1. The average molecular weight is 168 g/mol. The van der Waals surface area contributed by atoms with Crippen molar-refractivity contribution in [3.8, 4) is 0 Å². The standard InChI is InChI=1S/C9H10ClN/c10-6-8-2-1-3-9(11-8)7-4-5-7/h1-3,11H,4-6H2. The van der Waals surface area contributed by atoms with E-state index in [2.05, 4.69) is 17.5 Å². The molecule has 2 rings (SSSR count). The third-order valence-corrected chi connectivity index (χ3v) is 2.17. The molecule has 0 aromatic carbocycles. The Morgan fingerprint density at radius 2 is 2.27 bits per heavy atom. The Morgan fingerprint density at radius 1 is 1.45 bits per heavy atom. The summed E-state index contributed by atoms with van der Waals surface area (Å²) in [7, 11) is 0. The molecule has 1 aliphatic carbocycles. The van der Waals surface area contributed by atoms with E-state index in [4.69, 9.17) is 11.6 Å². The van der Waals surface area contributed by atoms with E-state index in [1.807, 2.05) is 6.08 Å². The number of hydrogen-bond acceptors (Lipinski definition) is 1. The van der Waals surface area contributed by atoms with Gasteiger partial charge < -0.3 is 5.32 Å². The first-order chi connectivity index (χ1) is 5.40. The number of rotatable bonds is 1. The predicted octanol–water partition coefficient (Wildman–Crippen LogP) is 2.32. The smallest absolute Gasteiger partial charge is 0.0625 e. The molecule has 1 nitrogen and oxygen atoms in total. The number of allylic oxidation sites excluding steroid dienone is 5. The van der Waals surface area contributed by atoms with E-state index in [1.54, 1.807) is 0 Å². The topological polar surface area (TPSA) is 12.0 Å². The van der Waals surface area contributed by atoms with Crippen LogP contribution in [0.2, 0.25) is 0 Å². The molecular formula is C9H10ClN. The first-order valence-electron chi connectivity index (χ1n) is 3.82. The third-order valence-electron chi connectivity index (χ3n) is 1.88. The van der Waals surface area contributed by atoms with Crippen molar-refractivity contribution in [1.29, 1.82) is 0 Å². The fourth-order valence-electron chi connectivity index (χ4n) is 1.13. The Balaban J connectivity index is 2.16. The summed E-state index contributed by atoms with van der Waals surface area (Å²) >= 11 is 5.68. The highest BCUT2D eigenvalue weighted by atomic mass is 35.5. The van der Waals surface area contributed by atoms with E-state index in [1.165, 1.54) is 24.1 Å². The number of hydrogen-bond donors (Lipinski definition) is 1. The summed E-state index contributed by atoms with van der Waals surface area (Å²) in [5.74, 6) is 0.571. The fourth-order valence-corrected chi connectivity index (χ4v) is 1.29. The van der Waals surface area contributed by atoms with E-state index >= 15 is 0 Å². The van der Waals surface area contributed by atoms with Gasteiger partial charge in [-0.05, 0) is 30.6 Å². The average Bonchev–Trinajstić information content (AvgIpc) is 2.87. The molecule has 2 aliphatic rings. The lowest BCUT2D eigenvalue weighted by Crippen LogP contribution is -2.14. The van der Waals surface area contributed by atoms with Crippen LogP contribution in [0.5, 0.6) is 0 Å². The number of halogens is 1. The van der Waals surface area contributed by atoms with Gasteiger partial charge in [-0.3, -0.25) is 0 Å². The van der Waals surface area contributed by atoms with E-state index in [-0.39, 0.29) is 0 Å². The minimum absolute atomic E-state index is 0.571. The van der Waals surface area contributed by atoms with E-state index in [0.717, 1.165) is 5.70 Å². The molecule has 0 unspecified atom stereocenters. The molecule has 1 heterocycles. The highest BCUT2D eigenvalue weighted by Gasteiger charge is 2.17. The molecule has 58 valence electrons. The van der Waals surface area contributed by atoms with Crippen molar-refractivity contribution in [3.63, 3.8) is 0 Å². The summed E-state index contributed by atoms with van der Waals surface area (Å²) in [6.07, 6.45) is 8.68. The SMILES string of the molecule is ClCC1=CC=CC(=C2CC2)N1. The summed E-state index contributed by atoms with van der Waals surface area (Å²) in [5, 5.41) is 3.29. The molecule has 2 heteroatoms. The van der Waals surface area contributed by atoms with Crippen LogP contribution in [0.15, 0.2) is 35.2 Å².